The first-order chi connectivity index (χ1) is 13.9. The van der Waals surface area contributed by atoms with Crippen molar-refractivity contribution in [3.63, 3.8) is 0 Å². The summed E-state index contributed by atoms with van der Waals surface area (Å²) in [6.07, 6.45) is 4.44. The number of aromatic nitrogens is 1. The van der Waals surface area contributed by atoms with E-state index >= 15 is 0 Å². The van der Waals surface area contributed by atoms with Crippen LogP contribution in [0, 0.1) is 0 Å². The van der Waals surface area contributed by atoms with Crippen LogP contribution >= 0.6 is 24.0 Å². The van der Waals surface area contributed by atoms with Crippen molar-refractivity contribution in [1.82, 2.24) is 15.4 Å². The number of thiocarbonyl (C=S) groups is 1. The molecule has 0 saturated carbocycles. The van der Waals surface area contributed by atoms with Gasteiger partial charge in [-0.25, -0.2) is 0 Å². The summed E-state index contributed by atoms with van der Waals surface area (Å²) in [6.45, 7) is 0.0429. The quantitative estimate of drug-likeness (QED) is 0.510. The molecule has 1 saturated heterocycles. The van der Waals surface area contributed by atoms with Crippen LogP contribution in [0.2, 0.25) is 0 Å². The Morgan fingerprint density at radius 2 is 2.14 bits per heavy atom. The second kappa shape index (κ2) is 9.30. The number of benzene rings is 1. The predicted octanol–water partition coefficient (Wildman–Crippen LogP) is 2.48. The molecule has 0 unspecified atom stereocenters. The zero-order chi connectivity index (χ0) is 20.8. The summed E-state index contributed by atoms with van der Waals surface area (Å²) in [5.41, 5.74) is 3.46. The molecule has 1 aliphatic heterocycles. The molecular formula is C19H15N3O5S2. The van der Waals surface area contributed by atoms with Crippen molar-refractivity contribution in [2.24, 2.45) is 0 Å². The molecule has 2 amide bonds. The molecule has 2 N–H and O–H groups in total. The molecule has 0 aliphatic carbocycles. The van der Waals surface area contributed by atoms with Crippen molar-refractivity contribution in [3.8, 4) is 5.75 Å². The maximum Gasteiger partial charge on any atom is 0.306 e. The summed E-state index contributed by atoms with van der Waals surface area (Å²) < 4.78 is 5.59. The van der Waals surface area contributed by atoms with Gasteiger partial charge in [0, 0.05) is 12.4 Å². The molecule has 0 radical (unpaired) electrons. The number of amides is 2. The minimum Gasteiger partial charge on any atom is -0.493 e. The Hall–Kier alpha value is -3.24. The smallest absolute Gasteiger partial charge is 0.306 e. The summed E-state index contributed by atoms with van der Waals surface area (Å²) in [6, 6.07) is 10.1. The van der Waals surface area contributed by atoms with Crippen molar-refractivity contribution in [1.29, 1.82) is 0 Å². The lowest BCUT2D eigenvalue weighted by molar-refractivity contribution is -0.137. The normalized spacial score (nSPS) is 14.9. The molecule has 1 aliphatic rings. The number of nitrogens with zero attached hydrogens (tertiary/aromatic N) is 2. The van der Waals surface area contributed by atoms with E-state index in [0.29, 0.717) is 21.8 Å². The van der Waals surface area contributed by atoms with Gasteiger partial charge in [-0.1, -0.05) is 23.9 Å². The second-order valence-electron chi connectivity index (χ2n) is 5.76. The number of carbonyl (C=O) groups excluding carboxylic acids is 2. The summed E-state index contributed by atoms with van der Waals surface area (Å²) in [5.74, 6) is -1.41. The molecule has 2 heterocycles. The summed E-state index contributed by atoms with van der Waals surface area (Å²) in [5, 5.41) is 9.69. The van der Waals surface area contributed by atoms with Crippen molar-refractivity contribution in [2.75, 3.05) is 6.61 Å². The van der Waals surface area contributed by atoms with E-state index in [0.717, 1.165) is 16.8 Å². The first-order valence-electron chi connectivity index (χ1n) is 8.37. The number of carboxylic acid groups (broad SMARTS) is 1. The number of thioether (sulfide) groups is 1. The van der Waals surface area contributed by atoms with Gasteiger partial charge in [0.2, 0.25) is 0 Å². The molecule has 1 aromatic heterocycles. The van der Waals surface area contributed by atoms with E-state index in [-0.39, 0.29) is 17.3 Å². The SMILES string of the molecule is O=C(O)CCOc1cccc(/C=C2/SC(=S)N(NC(=O)c3cccnc3)C2=O)c1. The second-order valence-corrected chi connectivity index (χ2v) is 7.44. The summed E-state index contributed by atoms with van der Waals surface area (Å²) >= 11 is 6.26. The van der Waals surface area contributed by atoms with Crippen LogP contribution in [-0.2, 0) is 9.59 Å². The number of aliphatic carboxylic acids is 1. The van der Waals surface area contributed by atoms with Gasteiger partial charge in [-0.05, 0) is 48.1 Å². The van der Waals surface area contributed by atoms with Crippen LogP contribution in [0.3, 0.4) is 0 Å². The Morgan fingerprint density at radius 1 is 1.31 bits per heavy atom. The maximum absolute atomic E-state index is 12.6. The van der Waals surface area contributed by atoms with Gasteiger partial charge in [0.1, 0.15) is 5.75 Å². The number of hydrazine groups is 1. The van der Waals surface area contributed by atoms with Crippen LogP contribution in [0.15, 0.2) is 53.7 Å². The number of rotatable bonds is 7. The van der Waals surface area contributed by atoms with Crippen LogP contribution in [0.1, 0.15) is 22.3 Å². The molecule has 1 fully saturated rings. The van der Waals surface area contributed by atoms with Crippen molar-refractivity contribution < 1.29 is 24.2 Å². The fourth-order valence-corrected chi connectivity index (χ4v) is 3.51. The van der Waals surface area contributed by atoms with E-state index in [2.05, 4.69) is 10.4 Å². The minimum absolute atomic E-state index is 0.0429. The largest absolute Gasteiger partial charge is 0.493 e. The molecule has 0 atom stereocenters. The van der Waals surface area contributed by atoms with Gasteiger partial charge in [0.25, 0.3) is 11.8 Å². The van der Waals surface area contributed by atoms with Gasteiger partial charge in [-0.15, -0.1) is 0 Å². The van der Waals surface area contributed by atoms with Gasteiger partial charge < -0.3 is 9.84 Å². The Kier molecular flexibility index (Phi) is 6.57. The molecule has 0 spiro atoms. The fourth-order valence-electron chi connectivity index (χ4n) is 2.33. The monoisotopic (exact) mass is 429 g/mol. The van der Waals surface area contributed by atoms with E-state index in [1.54, 1.807) is 48.7 Å². The maximum atomic E-state index is 12.6. The molecule has 3 rings (SSSR count). The molecule has 8 nitrogen and oxygen atoms in total. The highest BCUT2D eigenvalue weighted by molar-refractivity contribution is 8.26. The number of hydrogen-bond acceptors (Lipinski definition) is 7. The number of carboxylic acids is 1. The predicted molar refractivity (Wildman–Crippen MR) is 111 cm³/mol. The third-order valence-electron chi connectivity index (χ3n) is 3.67. The lowest BCUT2D eigenvalue weighted by atomic mass is 10.2. The topological polar surface area (TPSA) is 109 Å². The van der Waals surface area contributed by atoms with Crippen LogP contribution in [0.4, 0.5) is 0 Å². The lowest BCUT2D eigenvalue weighted by Crippen LogP contribution is -2.44. The van der Waals surface area contributed by atoms with Gasteiger partial charge in [0.05, 0.1) is 23.5 Å². The molecular weight excluding hydrogens is 414 g/mol. The average Bonchev–Trinajstić information content (AvgIpc) is 2.96. The van der Waals surface area contributed by atoms with Gasteiger partial charge in [-0.3, -0.25) is 24.8 Å². The van der Waals surface area contributed by atoms with Gasteiger partial charge >= 0.3 is 5.97 Å². The molecule has 2 aromatic rings. The third kappa shape index (κ3) is 5.39. The number of hydrogen-bond donors (Lipinski definition) is 2. The van der Waals surface area contributed by atoms with Crippen LogP contribution in [0.5, 0.6) is 5.75 Å². The third-order valence-corrected chi connectivity index (χ3v) is 4.97. The molecule has 29 heavy (non-hydrogen) atoms. The van der Waals surface area contributed by atoms with E-state index < -0.39 is 17.8 Å². The average molecular weight is 429 g/mol. The first kappa shape index (κ1) is 20.5. The lowest BCUT2D eigenvalue weighted by Gasteiger charge is -2.15. The minimum atomic E-state index is -0.946. The Bertz CT molecular complexity index is 994. The highest BCUT2D eigenvalue weighted by Crippen LogP contribution is 2.32. The Labute approximate surface area is 175 Å². The van der Waals surface area contributed by atoms with Gasteiger partial charge in [0.15, 0.2) is 4.32 Å². The Balaban J connectivity index is 1.69. The van der Waals surface area contributed by atoms with Crippen LogP contribution < -0.4 is 10.2 Å². The van der Waals surface area contributed by atoms with E-state index in [1.165, 1.54) is 6.20 Å². The van der Waals surface area contributed by atoms with E-state index in [9.17, 15) is 14.4 Å². The highest BCUT2D eigenvalue weighted by atomic mass is 32.2. The van der Waals surface area contributed by atoms with E-state index in [4.69, 9.17) is 22.1 Å². The van der Waals surface area contributed by atoms with Crippen LogP contribution in [0.25, 0.3) is 6.08 Å². The van der Waals surface area contributed by atoms with Crippen molar-refractivity contribution in [3.05, 3.63) is 64.8 Å². The number of ether oxygens (including phenoxy) is 1. The molecule has 10 heteroatoms. The van der Waals surface area contributed by atoms with Gasteiger partial charge in [-0.2, -0.15) is 5.01 Å². The number of carbonyl (C=O) groups is 3. The Morgan fingerprint density at radius 3 is 2.86 bits per heavy atom. The van der Waals surface area contributed by atoms with E-state index in [1.807, 2.05) is 0 Å². The molecule has 1 aromatic carbocycles. The highest BCUT2D eigenvalue weighted by Gasteiger charge is 2.33. The number of pyridine rings is 1. The molecule has 148 valence electrons. The number of nitrogens with one attached hydrogen (secondary N) is 1. The van der Waals surface area contributed by atoms with Crippen LogP contribution in [-0.4, -0.2) is 43.8 Å². The standard InChI is InChI=1S/C19H15N3O5S2/c23-16(24)6-8-27-14-5-1-3-12(9-14)10-15-18(26)22(19(28)29-15)21-17(25)13-4-2-7-20-11-13/h1-5,7,9-11H,6,8H2,(H,21,25)(H,23,24)/b15-10+. The van der Waals surface area contributed by atoms with Crippen molar-refractivity contribution >= 4 is 52.2 Å². The van der Waals surface area contributed by atoms with Crippen molar-refractivity contribution in [2.45, 2.75) is 6.42 Å². The fraction of sp³-hybridized carbons (Fsp3) is 0.105. The first-order valence-corrected chi connectivity index (χ1v) is 9.60. The molecule has 0 bridgehead atoms. The summed E-state index contributed by atoms with van der Waals surface area (Å²) in [7, 11) is 0. The summed E-state index contributed by atoms with van der Waals surface area (Å²) in [4.78, 5) is 39.7. The zero-order valence-corrected chi connectivity index (χ0v) is 16.5. The zero-order valence-electron chi connectivity index (χ0n) is 14.9.